The molecule has 2 nitrogen and oxygen atoms in total. The zero-order valence-electron chi connectivity index (χ0n) is 12.1. The van der Waals surface area contributed by atoms with E-state index in [2.05, 4.69) is 19.2 Å². The summed E-state index contributed by atoms with van der Waals surface area (Å²) < 4.78 is 19.0. The first kappa shape index (κ1) is 14.2. The summed E-state index contributed by atoms with van der Waals surface area (Å²) in [5, 5.41) is 3.45. The van der Waals surface area contributed by atoms with Crippen LogP contribution in [0.1, 0.15) is 46.5 Å². The van der Waals surface area contributed by atoms with Gasteiger partial charge < -0.3 is 10.1 Å². The van der Waals surface area contributed by atoms with Crippen molar-refractivity contribution in [2.45, 2.75) is 52.5 Å². The van der Waals surface area contributed by atoms with Crippen molar-refractivity contribution in [3.8, 4) is 5.75 Å². The molecule has 1 atom stereocenters. The first-order chi connectivity index (χ1) is 9.00. The molecule has 0 aromatic heterocycles. The van der Waals surface area contributed by atoms with Gasteiger partial charge in [0.05, 0.1) is 6.61 Å². The van der Waals surface area contributed by atoms with Gasteiger partial charge in [0.15, 0.2) is 11.6 Å². The molecule has 1 saturated carbocycles. The Morgan fingerprint density at radius 2 is 2.21 bits per heavy atom. The van der Waals surface area contributed by atoms with E-state index < -0.39 is 0 Å². The standard InChI is InChI=1S/C16H24FNO/c1-4-19-15-8-7-12(10-14(15)17)18-13-6-5-9-16(2,3)11-13/h7-8,10,13,18H,4-6,9,11H2,1-3H3. The van der Waals surface area contributed by atoms with E-state index in [9.17, 15) is 4.39 Å². The number of nitrogens with one attached hydrogen (secondary N) is 1. The molecular weight excluding hydrogens is 241 g/mol. The molecule has 19 heavy (non-hydrogen) atoms. The molecule has 3 heteroatoms. The lowest BCUT2D eigenvalue weighted by atomic mass is 9.75. The second-order valence-electron chi connectivity index (χ2n) is 6.18. The SMILES string of the molecule is CCOc1ccc(NC2CCCC(C)(C)C2)cc1F. The predicted octanol–water partition coefficient (Wildman–Crippen LogP) is 4.61. The van der Waals surface area contributed by atoms with Crippen LogP contribution in [0.5, 0.6) is 5.75 Å². The molecule has 1 aliphatic rings. The summed E-state index contributed by atoms with van der Waals surface area (Å²) in [6.45, 7) is 6.95. The Kier molecular flexibility index (Phi) is 4.33. The molecule has 0 heterocycles. The van der Waals surface area contributed by atoms with E-state index in [1.807, 2.05) is 13.0 Å². The first-order valence-electron chi connectivity index (χ1n) is 7.19. The third-order valence-corrected chi connectivity index (χ3v) is 3.81. The maximum Gasteiger partial charge on any atom is 0.167 e. The number of ether oxygens (including phenoxy) is 1. The van der Waals surface area contributed by atoms with E-state index in [1.54, 1.807) is 6.07 Å². The Balaban J connectivity index is 2.01. The Morgan fingerprint density at radius 1 is 1.42 bits per heavy atom. The van der Waals surface area contributed by atoms with Crippen LogP contribution in [-0.4, -0.2) is 12.6 Å². The smallest absolute Gasteiger partial charge is 0.167 e. The molecule has 0 spiro atoms. The molecule has 1 N–H and O–H groups in total. The summed E-state index contributed by atoms with van der Waals surface area (Å²) in [5.41, 5.74) is 1.24. The fraction of sp³-hybridized carbons (Fsp3) is 0.625. The van der Waals surface area contributed by atoms with Crippen molar-refractivity contribution in [1.82, 2.24) is 0 Å². The number of rotatable bonds is 4. The van der Waals surface area contributed by atoms with Crippen molar-refractivity contribution in [1.29, 1.82) is 0 Å². The van der Waals surface area contributed by atoms with E-state index in [1.165, 1.54) is 18.9 Å². The number of hydrogen-bond donors (Lipinski definition) is 1. The van der Waals surface area contributed by atoms with Crippen LogP contribution in [0, 0.1) is 11.2 Å². The summed E-state index contributed by atoms with van der Waals surface area (Å²) >= 11 is 0. The van der Waals surface area contributed by atoms with E-state index >= 15 is 0 Å². The van der Waals surface area contributed by atoms with E-state index in [4.69, 9.17) is 4.74 Å². The molecule has 1 aliphatic carbocycles. The average molecular weight is 265 g/mol. The zero-order valence-corrected chi connectivity index (χ0v) is 12.1. The number of hydrogen-bond acceptors (Lipinski definition) is 2. The van der Waals surface area contributed by atoms with Gasteiger partial charge in [0.1, 0.15) is 0 Å². The van der Waals surface area contributed by atoms with E-state index in [0.29, 0.717) is 23.8 Å². The van der Waals surface area contributed by atoms with Crippen LogP contribution < -0.4 is 10.1 Å². The molecule has 0 aliphatic heterocycles. The van der Waals surface area contributed by atoms with E-state index in [-0.39, 0.29) is 5.82 Å². The van der Waals surface area contributed by atoms with Crippen LogP contribution >= 0.6 is 0 Å². The molecule has 1 unspecified atom stereocenters. The Hall–Kier alpha value is -1.25. The number of halogens is 1. The van der Waals surface area contributed by atoms with Crippen molar-refractivity contribution in [3.05, 3.63) is 24.0 Å². The molecule has 0 amide bonds. The Bertz CT molecular complexity index is 431. The van der Waals surface area contributed by atoms with Crippen LogP contribution in [0.25, 0.3) is 0 Å². The minimum absolute atomic E-state index is 0.290. The highest BCUT2D eigenvalue weighted by molar-refractivity contribution is 5.48. The summed E-state index contributed by atoms with van der Waals surface area (Å²) in [6.07, 6.45) is 4.83. The highest BCUT2D eigenvalue weighted by atomic mass is 19.1. The maximum atomic E-state index is 13.8. The summed E-state index contributed by atoms with van der Waals surface area (Å²) in [6, 6.07) is 5.58. The third kappa shape index (κ3) is 3.85. The summed E-state index contributed by atoms with van der Waals surface area (Å²) in [7, 11) is 0. The molecule has 2 rings (SSSR count). The van der Waals surface area contributed by atoms with Gasteiger partial charge in [0.25, 0.3) is 0 Å². The second-order valence-corrected chi connectivity index (χ2v) is 6.18. The van der Waals surface area contributed by atoms with E-state index in [0.717, 1.165) is 18.5 Å². The van der Waals surface area contributed by atoms with Gasteiger partial charge >= 0.3 is 0 Å². The van der Waals surface area contributed by atoms with Crippen molar-refractivity contribution in [2.24, 2.45) is 5.41 Å². The van der Waals surface area contributed by atoms with Crippen molar-refractivity contribution in [3.63, 3.8) is 0 Å². The average Bonchev–Trinajstić information content (AvgIpc) is 2.31. The summed E-state index contributed by atoms with van der Waals surface area (Å²) in [4.78, 5) is 0. The highest BCUT2D eigenvalue weighted by Crippen LogP contribution is 2.36. The molecular formula is C16H24FNO. The molecule has 1 fully saturated rings. The highest BCUT2D eigenvalue weighted by Gasteiger charge is 2.27. The topological polar surface area (TPSA) is 21.3 Å². The van der Waals surface area contributed by atoms with Crippen LogP contribution in [0.3, 0.4) is 0 Å². The van der Waals surface area contributed by atoms with Gasteiger partial charge in [-0.15, -0.1) is 0 Å². The van der Waals surface area contributed by atoms with Crippen molar-refractivity contribution >= 4 is 5.69 Å². The normalized spacial score (nSPS) is 22.0. The molecule has 1 aromatic rings. The largest absolute Gasteiger partial charge is 0.491 e. The minimum Gasteiger partial charge on any atom is -0.491 e. The lowest BCUT2D eigenvalue weighted by molar-refractivity contribution is 0.229. The van der Waals surface area contributed by atoms with Crippen LogP contribution in [0.4, 0.5) is 10.1 Å². The van der Waals surface area contributed by atoms with Gasteiger partial charge in [-0.3, -0.25) is 0 Å². The number of benzene rings is 1. The molecule has 0 bridgehead atoms. The van der Waals surface area contributed by atoms with Gasteiger partial charge in [-0.05, 0) is 43.7 Å². The zero-order chi connectivity index (χ0) is 13.9. The van der Waals surface area contributed by atoms with Crippen molar-refractivity contribution in [2.75, 3.05) is 11.9 Å². The lowest BCUT2D eigenvalue weighted by Gasteiger charge is -2.36. The van der Waals surface area contributed by atoms with Gasteiger partial charge in [0.2, 0.25) is 0 Å². The second kappa shape index (κ2) is 5.81. The van der Waals surface area contributed by atoms with Crippen LogP contribution in [-0.2, 0) is 0 Å². The van der Waals surface area contributed by atoms with Gasteiger partial charge in [-0.2, -0.15) is 0 Å². The Labute approximate surface area is 115 Å². The molecule has 0 saturated heterocycles. The fourth-order valence-electron chi connectivity index (χ4n) is 2.92. The molecule has 106 valence electrons. The predicted molar refractivity (Wildman–Crippen MR) is 77.2 cm³/mol. The maximum absolute atomic E-state index is 13.8. The lowest BCUT2D eigenvalue weighted by Crippen LogP contribution is -2.31. The van der Waals surface area contributed by atoms with Gasteiger partial charge in [0, 0.05) is 17.8 Å². The Morgan fingerprint density at radius 3 is 2.84 bits per heavy atom. The first-order valence-corrected chi connectivity index (χ1v) is 7.19. The third-order valence-electron chi connectivity index (χ3n) is 3.81. The van der Waals surface area contributed by atoms with Gasteiger partial charge in [-0.1, -0.05) is 20.3 Å². The van der Waals surface area contributed by atoms with Crippen molar-refractivity contribution < 1.29 is 9.13 Å². The van der Waals surface area contributed by atoms with Crippen LogP contribution in [0.15, 0.2) is 18.2 Å². The van der Waals surface area contributed by atoms with Gasteiger partial charge in [-0.25, -0.2) is 4.39 Å². The fourth-order valence-corrected chi connectivity index (χ4v) is 2.92. The molecule has 0 radical (unpaired) electrons. The van der Waals surface area contributed by atoms with Crippen LogP contribution in [0.2, 0.25) is 0 Å². The number of anilines is 1. The quantitative estimate of drug-likeness (QED) is 0.858. The minimum atomic E-state index is -0.290. The summed E-state index contributed by atoms with van der Waals surface area (Å²) in [5.74, 6) is 0.0407. The molecule has 1 aromatic carbocycles. The monoisotopic (exact) mass is 265 g/mol.